The maximum Gasteiger partial charge on any atom is 0.379 e. The molecule has 0 spiro atoms. The SMILES string of the molecule is CCOC(=O)C(F)(F)C(O)[C@@H](N)Cc1ccccc1. The average molecular weight is 273 g/mol. The average Bonchev–Trinajstić information content (AvgIpc) is 2.39. The minimum atomic E-state index is -4.01. The molecule has 0 bridgehead atoms. The maximum atomic E-state index is 13.5. The van der Waals surface area contributed by atoms with E-state index in [0.29, 0.717) is 5.56 Å². The first-order valence-corrected chi connectivity index (χ1v) is 5.92. The molecule has 6 heteroatoms. The van der Waals surface area contributed by atoms with E-state index in [1.165, 1.54) is 6.92 Å². The van der Waals surface area contributed by atoms with Crippen molar-refractivity contribution < 1.29 is 23.4 Å². The standard InChI is InChI=1S/C13H17F2NO3/c1-2-19-12(18)13(14,15)11(17)10(16)8-9-6-4-3-5-7-9/h3-7,10-11,17H,2,8,16H2,1H3/t10-,11?/m0/s1. The fourth-order valence-corrected chi connectivity index (χ4v) is 1.61. The monoisotopic (exact) mass is 273 g/mol. The molecule has 1 unspecified atom stereocenters. The Kier molecular flexibility index (Phi) is 5.38. The number of carbonyl (C=O) groups excluding carboxylic acids is 1. The van der Waals surface area contributed by atoms with Crippen molar-refractivity contribution in [2.75, 3.05) is 6.61 Å². The molecule has 1 aromatic rings. The van der Waals surface area contributed by atoms with Crippen LogP contribution in [-0.4, -0.2) is 35.8 Å². The van der Waals surface area contributed by atoms with Crippen LogP contribution in [0.1, 0.15) is 12.5 Å². The van der Waals surface area contributed by atoms with E-state index in [2.05, 4.69) is 4.74 Å². The summed E-state index contributed by atoms with van der Waals surface area (Å²) >= 11 is 0. The van der Waals surface area contributed by atoms with Crippen LogP contribution in [0.4, 0.5) is 8.78 Å². The molecule has 0 fully saturated rings. The fraction of sp³-hybridized carbons (Fsp3) is 0.462. The number of alkyl halides is 2. The van der Waals surface area contributed by atoms with Gasteiger partial charge in [0.1, 0.15) is 6.10 Å². The van der Waals surface area contributed by atoms with Gasteiger partial charge in [-0.1, -0.05) is 30.3 Å². The van der Waals surface area contributed by atoms with Crippen molar-refractivity contribution in [1.29, 1.82) is 0 Å². The van der Waals surface area contributed by atoms with Crippen molar-refractivity contribution in [3.05, 3.63) is 35.9 Å². The zero-order chi connectivity index (χ0) is 14.5. The second kappa shape index (κ2) is 6.58. The van der Waals surface area contributed by atoms with Gasteiger partial charge in [-0.3, -0.25) is 0 Å². The van der Waals surface area contributed by atoms with Gasteiger partial charge in [-0.15, -0.1) is 0 Å². The zero-order valence-corrected chi connectivity index (χ0v) is 10.6. The van der Waals surface area contributed by atoms with E-state index in [1.54, 1.807) is 30.3 Å². The van der Waals surface area contributed by atoms with E-state index in [-0.39, 0.29) is 13.0 Å². The van der Waals surface area contributed by atoms with Crippen molar-refractivity contribution in [1.82, 2.24) is 0 Å². The second-order valence-corrected chi connectivity index (χ2v) is 4.14. The molecule has 0 aliphatic carbocycles. The third kappa shape index (κ3) is 3.97. The molecule has 0 saturated heterocycles. The predicted molar refractivity (Wildman–Crippen MR) is 65.7 cm³/mol. The molecule has 3 N–H and O–H groups in total. The number of halogens is 2. The summed E-state index contributed by atoms with van der Waals surface area (Å²) in [6.07, 6.45) is -2.25. The van der Waals surface area contributed by atoms with Gasteiger partial charge < -0.3 is 15.6 Å². The molecule has 0 heterocycles. The number of hydrogen-bond donors (Lipinski definition) is 2. The Hall–Kier alpha value is -1.53. The molecule has 0 amide bonds. The molecule has 0 radical (unpaired) electrons. The van der Waals surface area contributed by atoms with E-state index in [1.807, 2.05) is 0 Å². The summed E-state index contributed by atoms with van der Waals surface area (Å²) in [5, 5.41) is 9.53. The number of hydrogen-bond acceptors (Lipinski definition) is 4. The van der Waals surface area contributed by atoms with Crippen molar-refractivity contribution in [2.24, 2.45) is 5.73 Å². The van der Waals surface area contributed by atoms with E-state index >= 15 is 0 Å². The van der Waals surface area contributed by atoms with E-state index < -0.39 is 24.0 Å². The fourth-order valence-electron chi connectivity index (χ4n) is 1.61. The van der Waals surface area contributed by atoms with E-state index in [4.69, 9.17) is 5.73 Å². The second-order valence-electron chi connectivity index (χ2n) is 4.14. The Labute approximate surface area is 110 Å². The van der Waals surface area contributed by atoms with Crippen LogP contribution in [0.2, 0.25) is 0 Å². The first-order chi connectivity index (χ1) is 8.89. The first-order valence-electron chi connectivity index (χ1n) is 5.92. The summed E-state index contributed by atoms with van der Waals surface area (Å²) in [4.78, 5) is 11.1. The van der Waals surface area contributed by atoms with Crippen molar-refractivity contribution in [3.8, 4) is 0 Å². The van der Waals surface area contributed by atoms with Crippen LogP contribution in [0.25, 0.3) is 0 Å². The smallest absolute Gasteiger partial charge is 0.379 e. The molecule has 4 nitrogen and oxygen atoms in total. The van der Waals surface area contributed by atoms with Gasteiger partial charge in [0.05, 0.1) is 6.61 Å². The molecule has 1 rings (SSSR count). The van der Waals surface area contributed by atoms with Crippen LogP contribution in [-0.2, 0) is 16.0 Å². The zero-order valence-electron chi connectivity index (χ0n) is 10.6. The first kappa shape index (κ1) is 15.5. The molecule has 0 saturated carbocycles. The number of carbonyl (C=O) groups is 1. The van der Waals surface area contributed by atoms with Crippen molar-refractivity contribution >= 4 is 5.97 Å². The molecule has 106 valence electrons. The predicted octanol–water partition coefficient (Wildman–Crippen LogP) is 1.12. The van der Waals surface area contributed by atoms with Gasteiger partial charge in [-0.2, -0.15) is 8.78 Å². The largest absolute Gasteiger partial charge is 0.461 e. The van der Waals surface area contributed by atoms with Gasteiger partial charge >= 0.3 is 11.9 Å². The quantitative estimate of drug-likeness (QED) is 0.762. The molecular formula is C13H17F2NO3. The van der Waals surface area contributed by atoms with Gasteiger partial charge in [-0.05, 0) is 18.9 Å². The molecule has 0 aliphatic heterocycles. The molecular weight excluding hydrogens is 256 g/mol. The van der Waals surface area contributed by atoms with Crippen LogP contribution < -0.4 is 5.73 Å². The molecule has 2 atom stereocenters. The summed E-state index contributed by atoms with van der Waals surface area (Å²) in [5.41, 5.74) is 6.23. The van der Waals surface area contributed by atoms with Crippen LogP contribution in [0.5, 0.6) is 0 Å². The maximum absolute atomic E-state index is 13.5. The Bertz CT molecular complexity index is 412. The van der Waals surface area contributed by atoms with Crippen LogP contribution in [0.3, 0.4) is 0 Å². The molecule has 1 aromatic carbocycles. The highest BCUT2D eigenvalue weighted by Gasteiger charge is 2.50. The summed E-state index contributed by atoms with van der Waals surface area (Å²) in [5.74, 6) is -5.77. The number of ether oxygens (including phenoxy) is 1. The molecule has 0 aromatic heterocycles. The lowest BCUT2D eigenvalue weighted by Gasteiger charge is -2.25. The summed E-state index contributed by atoms with van der Waals surface area (Å²) in [7, 11) is 0. The lowest BCUT2D eigenvalue weighted by atomic mass is 9.98. The van der Waals surface area contributed by atoms with Gasteiger partial charge in [0.15, 0.2) is 0 Å². The van der Waals surface area contributed by atoms with Crippen LogP contribution >= 0.6 is 0 Å². The van der Waals surface area contributed by atoms with Gasteiger partial charge in [0.25, 0.3) is 0 Å². The van der Waals surface area contributed by atoms with Gasteiger partial charge in [0.2, 0.25) is 0 Å². The molecule has 19 heavy (non-hydrogen) atoms. The third-order valence-corrected chi connectivity index (χ3v) is 2.64. The number of benzene rings is 1. The number of esters is 1. The normalized spacial score (nSPS) is 14.8. The van der Waals surface area contributed by atoms with Crippen molar-refractivity contribution in [2.45, 2.75) is 31.4 Å². The lowest BCUT2D eigenvalue weighted by molar-refractivity contribution is -0.190. The highest BCUT2D eigenvalue weighted by Crippen LogP contribution is 2.23. The summed E-state index contributed by atoms with van der Waals surface area (Å²) in [6, 6.07) is 7.39. The number of aliphatic hydroxyl groups excluding tert-OH is 1. The van der Waals surface area contributed by atoms with Gasteiger partial charge in [0, 0.05) is 6.04 Å². The number of nitrogens with two attached hydrogens (primary N) is 1. The lowest BCUT2D eigenvalue weighted by Crippen LogP contribution is -2.53. The highest BCUT2D eigenvalue weighted by molar-refractivity contribution is 5.78. The van der Waals surface area contributed by atoms with Gasteiger partial charge in [-0.25, -0.2) is 4.79 Å². The number of aliphatic hydroxyl groups is 1. The number of rotatable bonds is 6. The summed E-state index contributed by atoms with van der Waals surface area (Å²) in [6.45, 7) is 1.22. The summed E-state index contributed by atoms with van der Waals surface area (Å²) < 4.78 is 31.3. The van der Waals surface area contributed by atoms with E-state index in [9.17, 15) is 18.7 Å². The highest BCUT2D eigenvalue weighted by atomic mass is 19.3. The Morgan fingerprint density at radius 2 is 2.00 bits per heavy atom. The Balaban J connectivity index is 2.70. The Morgan fingerprint density at radius 3 is 2.53 bits per heavy atom. The topological polar surface area (TPSA) is 72.5 Å². The molecule has 0 aliphatic rings. The minimum absolute atomic E-state index is 0.0387. The minimum Gasteiger partial charge on any atom is -0.461 e. The van der Waals surface area contributed by atoms with E-state index in [0.717, 1.165) is 0 Å². The van der Waals surface area contributed by atoms with Crippen molar-refractivity contribution in [3.63, 3.8) is 0 Å². The third-order valence-electron chi connectivity index (χ3n) is 2.64. The Morgan fingerprint density at radius 1 is 1.42 bits per heavy atom. The van der Waals surface area contributed by atoms with Crippen LogP contribution in [0.15, 0.2) is 30.3 Å². The van der Waals surface area contributed by atoms with Crippen LogP contribution in [0, 0.1) is 0 Å².